The van der Waals surface area contributed by atoms with Crippen LogP contribution in [0, 0.1) is 17.7 Å². The number of benzene rings is 2. The lowest BCUT2D eigenvalue weighted by atomic mass is 9.80. The lowest BCUT2D eigenvalue weighted by molar-refractivity contribution is -0.148. The molecule has 0 spiro atoms. The molecule has 6 rings (SSSR count). The van der Waals surface area contributed by atoms with Crippen molar-refractivity contribution in [1.29, 1.82) is 0 Å². The molecule has 4 saturated heterocycles. The molecule has 4 aliphatic rings. The highest BCUT2D eigenvalue weighted by molar-refractivity contribution is 5.94. The maximum atomic E-state index is 13.9. The normalized spacial score (nSPS) is 22.7. The molecule has 2 N–H and O–H groups in total. The summed E-state index contributed by atoms with van der Waals surface area (Å²) in [5.41, 5.74) is 1.61. The van der Waals surface area contributed by atoms with Gasteiger partial charge in [0.25, 0.3) is 5.91 Å². The summed E-state index contributed by atoms with van der Waals surface area (Å²) in [6.45, 7) is 4.36. The minimum Gasteiger partial charge on any atom is -0.377 e. The Kier molecular flexibility index (Phi) is 13.3. The smallest absolute Gasteiger partial charge is 0.253 e. The first-order valence-electron chi connectivity index (χ1n) is 17.2. The van der Waals surface area contributed by atoms with Crippen molar-refractivity contribution >= 4 is 23.6 Å². The van der Waals surface area contributed by atoms with Gasteiger partial charge in [-0.05, 0) is 73.9 Å². The topological polar surface area (TPSA) is 121 Å². The summed E-state index contributed by atoms with van der Waals surface area (Å²) in [7, 11) is 0. The van der Waals surface area contributed by atoms with Crippen molar-refractivity contribution in [3.05, 3.63) is 71.5 Å². The molecular weight excluding hydrogens is 617 g/mol. The van der Waals surface area contributed by atoms with E-state index in [9.17, 15) is 23.6 Å². The number of hydrogen-bond donors (Lipinski definition) is 2. The van der Waals surface area contributed by atoms with E-state index in [0.29, 0.717) is 70.6 Å². The number of halogens is 1. The van der Waals surface area contributed by atoms with Crippen LogP contribution in [0.5, 0.6) is 0 Å². The van der Waals surface area contributed by atoms with E-state index < -0.39 is 5.82 Å². The predicted molar refractivity (Wildman–Crippen MR) is 177 cm³/mol. The van der Waals surface area contributed by atoms with Crippen LogP contribution in [0.1, 0.15) is 48.0 Å². The number of nitrogens with one attached hydrogen (secondary N) is 2. The second kappa shape index (κ2) is 18.0. The van der Waals surface area contributed by atoms with Crippen LogP contribution in [-0.4, -0.2) is 117 Å². The Labute approximate surface area is 282 Å². The first kappa shape index (κ1) is 35.4. The Morgan fingerprint density at radius 1 is 0.896 bits per heavy atom. The monoisotopic (exact) mass is 665 g/mol. The van der Waals surface area contributed by atoms with E-state index in [1.165, 1.54) is 29.8 Å². The number of hydrogen-bond acceptors (Lipinski definition) is 7. The molecule has 2 aromatic carbocycles. The third-order valence-corrected chi connectivity index (χ3v) is 9.63. The third kappa shape index (κ3) is 10.3. The van der Waals surface area contributed by atoms with Gasteiger partial charge in [-0.25, -0.2) is 4.39 Å². The summed E-state index contributed by atoms with van der Waals surface area (Å²) in [6.07, 6.45) is 2.95. The summed E-state index contributed by atoms with van der Waals surface area (Å²) in [6, 6.07) is 15.4. The average Bonchev–Trinajstić information content (AvgIpc) is 3.10. The van der Waals surface area contributed by atoms with E-state index in [-0.39, 0.29) is 67.9 Å². The predicted octanol–water partition coefficient (Wildman–Crippen LogP) is 2.46. The molecule has 4 fully saturated rings. The van der Waals surface area contributed by atoms with Crippen LogP contribution in [0.3, 0.4) is 0 Å². The molecule has 0 unspecified atom stereocenters. The second-order valence-electron chi connectivity index (χ2n) is 12.9. The average molecular weight is 666 g/mol. The minimum atomic E-state index is -0.401. The van der Waals surface area contributed by atoms with E-state index in [1.54, 1.807) is 9.80 Å². The van der Waals surface area contributed by atoms with Crippen LogP contribution in [0.25, 0.3) is 0 Å². The highest BCUT2D eigenvalue weighted by Gasteiger charge is 2.36. The van der Waals surface area contributed by atoms with Crippen molar-refractivity contribution in [1.82, 2.24) is 25.3 Å². The zero-order valence-corrected chi connectivity index (χ0v) is 27.6. The fraction of sp³-hybridized carbons (Fsp3) is 0.556. The van der Waals surface area contributed by atoms with Gasteiger partial charge in [0.05, 0.1) is 19.8 Å². The van der Waals surface area contributed by atoms with Gasteiger partial charge in [-0.1, -0.05) is 30.3 Å². The van der Waals surface area contributed by atoms with Crippen LogP contribution < -0.4 is 10.6 Å². The molecule has 2 atom stereocenters. The number of carbonyl (C=O) groups is 4. The Balaban J connectivity index is 1.24. The Bertz CT molecular complexity index is 1350. The van der Waals surface area contributed by atoms with Crippen molar-refractivity contribution in [2.45, 2.75) is 44.7 Å². The van der Waals surface area contributed by atoms with E-state index in [2.05, 4.69) is 22.8 Å². The maximum absolute atomic E-state index is 13.9. The molecule has 0 radical (unpaired) electrons. The summed E-state index contributed by atoms with van der Waals surface area (Å²) in [5, 5.41) is 6.47. The summed E-state index contributed by atoms with van der Waals surface area (Å²) in [5.74, 6) is -0.716. The van der Waals surface area contributed by atoms with Gasteiger partial charge in [-0.3, -0.25) is 19.2 Å². The highest BCUT2D eigenvalue weighted by Crippen LogP contribution is 2.30. The Morgan fingerprint density at radius 2 is 1.65 bits per heavy atom. The molecular formula is C36H48FN5O6. The lowest BCUT2D eigenvalue weighted by Crippen LogP contribution is -2.54. The molecule has 0 aromatic heterocycles. The van der Waals surface area contributed by atoms with Gasteiger partial charge in [0, 0.05) is 57.3 Å². The van der Waals surface area contributed by atoms with Crippen molar-refractivity contribution in [2.24, 2.45) is 11.8 Å². The molecule has 0 saturated carbocycles. The quantitative estimate of drug-likeness (QED) is 0.345. The van der Waals surface area contributed by atoms with E-state index in [4.69, 9.17) is 9.47 Å². The highest BCUT2D eigenvalue weighted by atomic mass is 19.1. The van der Waals surface area contributed by atoms with Crippen LogP contribution in [0.2, 0.25) is 0 Å². The number of likely N-dealkylation sites (tertiary alicyclic amines) is 1. The molecule has 11 nitrogen and oxygen atoms in total. The first-order chi connectivity index (χ1) is 23.4. The molecule has 48 heavy (non-hydrogen) atoms. The number of amides is 4. The lowest BCUT2D eigenvalue weighted by Gasteiger charge is -2.41. The molecule has 260 valence electrons. The number of ether oxygens (including phenoxy) is 2. The largest absolute Gasteiger partial charge is 0.377 e. The van der Waals surface area contributed by atoms with Gasteiger partial charge in [-0.2, -0.15) is 0 Å². The van der Waals surface area contributed by atoms with Crippen molar-refractivity contribution in [3.8, 4) is 0 Å². The van der Waals surface area contributed by atoms with Gasteiger partial charge in [-0.15, -0.1) is 0 Å². The van der Waals surface area contributed by atoms with Crippen molar-refractivity contribution < 1.29 is 33.0 Å². The summed E-state index contributed by atoms with van der Waals surface area (Å²) < 4.78 is 24.6. The molecule has 12 heteroatoms. The van der Waals surface area contributed by atoms with E-state index in [0.717, 1.165) is 19.5 Å². The van der Waals surface area contributed by atoms with Gasteiger partial charge in [0.1, 0.15) is 19.0 Å². The third-order valence-electron chi connectivity index (χ3n) is 9.63. The Hall–Kier alpha value is -3.87. The molecule has 0 aliphatic carbocycles. The molecule has 2 aromatic rings. The molecule has 4 heterocycles. The first-order valence-corrected chi connectivity index (χ1v) is 17.2. The van der Waals surface area contributed by atoms with Gasteiger partial charge in [0.2, 0.25) is 17.7 Å². The van der Waals surface area contributed by atoms with E-state index >= 15 is 0 Å². The van der Waals surface area contributed by atoms with Crippen molar-refractivity contribution in [2.75, 3.05) is 72.2 Å². The van der Waals surface area contributed by atoms with Crippen LogP contribution in [0.15, 0.2) is 54.6 Å². The fourth-order valence-corrected chi connectivity index (χ4v) is 6.88. The van der Waals surface area contributed by atoms with Gasteiger partial charge >= 0.3 is 0 Å². The van der Waals surface area contributed by atoms with Crippen LogP contribution in [0.4, 0.5) is 4.39 Å². The maximum Gasteiger partial charge on any atom is 0.253 e. The van der Waals surface area contributed by atoms with Gasteiger partial charge < -0.3 is 34.8 Å². The number of nitrogens with zero attached hydrogens (tertiary/aromatic N) is 3. The zero-order valence-electron chi connectivity index (χ0n) is 27.6. The number of rotatable bonds is 7. The molecule has 2 bridgehead atoms. The zero-order chi connectivity index (χ0) is 33.7. The molecule has 4 aliphatic heterocycles. The second-order valence-corrected chi connectivity index (χ2v) is 12.9. The standard InChI is InChI=1S/C36H48FN5O6/c37-31-8-6-28(7-9-31)36(46)40-17-12-32(13-18-40)42-25-34(44)41-16-11-29(22-33(43)39-15-19-47-20-21-48-26-35(42)45)30(24-41)10-14-38-23-27-4-2-1-3-5-27/h1-9,29-30,32,38H,10-26H2,(H,39,43)/t29-,30+/m1/s1. The summed E-state index contributed by atoms with van der Waals surface area (Å²) >= 11 is 0. The Morgan fingerprint density at radius 3 is 2.42 bits per heavy atom. The number of piperidine rings is 2. The number of carbonyl (C=O) groups excluding carboxylic acids is 4. The minimum absolute atomic E-state index is 0.0102. The fourth-order valence-electron chi connectivity index (χ4n) is 6.88. The SMILES string of the molecule is O=C1C[C@H]2CCN(C[C@@H]2CCNCc2ccccc2)C(=O)CN(C2CCN(C(=O)c3ccc(F)cc3)CC2)C(=O)COCCOCCN1. The van der Waals surface area contributed by atoms with Crippen LogP contribution >= 0.6 is 0 Å². The van der Waals surface area contributed by atoms with E-state index in [1.807, 2.05) is 23.1 Å². The van der Waals surface area contributed by atoms with Gasteiger partial charge in [0.15, 0.2) is 0 Å². The van der Waals surface area contributed by atoms with Crippen LogP contribution in [-0.2, 0) is 30.4 Å². The summed E-state index contributed by atoms with van der Waals surface area (Å²) in [4.78, 5) is 58.4. The van der Waals surface area contributed by atoms with Crippen molar-refractivity contribution in [3.63, 3.8) is 0 Å². The number of fused-ring (bicyclic) bond motifs is 15. The molecule has 4 amide bonds.